The molecule has 0 heterocycles. The Hall–Kier alpha value is -4.14. The molecule has 0 aliphatic heterocycles. The first-order chi connectivity index (χ1) is 15.3. The Morgan fingerprint density at radius 2 is 1.84 bits per heavy atom. The number of hydrogen-bond acceptors (Lipinski definition) is 6. The predicted molar refractivity (Wildman–Crippen MR) is 122 cm³/mol. The lowest BCUT2D eigenvalue weighted by Gasteiger charge is -2.12. The molecule has 2 aromatic rings. The van der Waals surface area contributed by atoms with E-state index >= 15 is 0 Å². The molecule has 9 heteroatoms. The van der Waals surface area contributed by atoms with E-state index in [1.54, 1.807) is 18.2 Å². The third-order valence-corrected chi connectivity index (χ3v) is 4.21. The van der Waals surface area contributed by atoms with Gasteiger partial charge in [0.2, 0.25) is 0 Å². The molecule has 0 atom stereocenters. The molecule has 3 N–H and O–H groups in total. The Bertz CT molecular complexity index is 1030. The Kier molecular flexibility index (Phi) is 8.97. The van der Waals surface area contributed by atoms with E-state index in [1.165, 1.54) is 19.4 Å². The van der Waals surface area contributed by atoms with Gasteiger partial charge in [-0.2, -0.15) is 5.10 Å². The molecule has 0 radical (unpaired) electrons. The van der Waals surface area contributed by atoms with Crippen molar-refractivity contribution in [3.63, 3.8) is 0 Å². The highest BCUT2D eigenvalue weighted by atomic mass is 16.5. The molecule has 32 heavy (non-hydrogen) atoms. The summed E-state index contributed by atoms with van der Waals surface area (Å²) < 4.78 is 10.9. The van der Waals surface area contributed by atoms with E-state index < -0.39 is 11.8 Å². The molecule has 2 aromatic carbocycles. The normalized spacial score (nSPS) is 10.3. The van der Waals surface area contributed by atoms with E-state index in [0.29, 0.717) is 17.1 Å². The number of hydrazone groups is 1. The number of benzene rings is 2. The number of hydrogen-bond donors (Lipinski definition) is 3. The first-order valence-corrected chi connectivity index (χ1v) is 9.74. The van der Waals surface area contributed by atoms with Gasteiger partial charge in [-0.15, -0.1) is 6.58 Å². The molecule has 0 fully saturated rings. The van der Waals surface area contributed by atoms with Crippen LogP contribution in [0.5, 0.6) is 11.5 Å². The number of methoxy groups -OCH3 is 1. The number of anilines is 1. The fraction of sp³-hybridized carbons (Fsp3) is 0.217. The molecule has 0 aromatic heterocycles. The van der Waals surface area contributed by atoms with E-state index in [0.717, 1.165) is 16.8 Å². The van der Waals surface area contributed by atoms with Crippen molar-refractivity contribution in [2.75, 3.05) is 25.6 Å². The number of aryl methyl sites for hydroxylation is 2. The number of amides is 3. The van der Waals surface area contributed by atoms with Crippen molar-refractivity contribution in [3.8, 4) is 11.5 Å². The summed E-state index contributed by atoms with van der Waals surface area (Å²) in [4.78, 5) is 35.3. The maximum Gasteiger partial charge on any atom is 0.329 e. The van der Waals surface area contributed by atoms with Gasteiger partial charge in [-0.3, -0.25) is 14.4 Å². The van der Waals surface area contributed by atoms with Crippen molar-refractivity contribution in [1.82, 2.24) is 10.7 Å². The lowest BCUT2D eigenvalue weighted by molar-refractivity contribution is -0.139. The van der Waals surface area contributed by atoms with E-state index in [-0.39, 0.29) is 19.1 Å². The lowest BCUT2D eigenvalue weighted by atomic mass is 10.1. The Morgan fingerprint density at radius 1 is 1.06 bits per heavy atom. The van der Waals surface area contributed by atoms with Crippen molar-refractivity contribution >= 4 is 29.6 Å². The standard InChI is InChI=1S/C23H26N4O5/c1-5-10-24-22(29)23(30)27-25-13-17-8-9-19(20(12-17)31-4)32-14-21(28)26-18-11-15(2)6-7-16(18)3/h5-9,11-13H,1,10,14H2,2-4H3,(H,24,29)(H,26,28)(H,27,30)/b25-13-. The highest BCUT2D eigenvalue weighted by molar-refractivity contribution is 6.35. The van der Waals surface area contributed by atoms with Crippen LogP contribution < -0.4 is 25.5 Å². The summed E-state index contributed by atoms with van der Waals surface area (Å²) in [6.45, 7) is 7.28. The van der Waals surface area contributed by atoms with Crippen LogP contribution in [0.1, 0.15) is 16.7 Å². The summed E-state index contributed by atoms with van der Waals surface area (Å²) in [5.41, 5.74) is 5.44. The van der Waals surface area contributed by atoms with Crippen molar-refractivity contribution in [2.45, 2.75) is 13.8 Å². The largest absolute Gasteiger partial charge is 0.493 e. The maximum atomic E-state index is 12.3. The highest BCUT2D eigenvalue weighted by Crippen LogP contribution is 2.27. The molecule has 9 nitrogen and oxygen atoms in total. The minimum atomic E-state index is -0.898. The molecule has 2 rings (SSSR count). The molecule has 0 bridgehead atoms. The summed E-state index contributed by atoms with van der Waals surface area (Å²) in [5, 5.41) is 8.91. The van der Waals surface area contributed by atoms with E-state index in [9.17, 15) is 14.4 Å². The van der Waals surface area contributed by atoms with E-state index in [2.05, 4.69) is 27.7 Å². The van der Waals surface area contributed by atoms with Crippen LogP contribution >= 0.6 is 0 Å². The van der Waals surface area contributed by atoms with Gasteiger partial charge in [0.1, 0.15) is 0 Å². The fourth-order valence-electron chi connectivity index (χ4n) is 2.55. The summed E-state index contributed by atoms with van der Waals surface area (Å²) in [5.74, 6) is -1.27. The number of rotatable bonds is 9. The molecular weight excluding hydrogens is 412 g/mol. The van der Waals surface area contributed by atoms with Crippen molar-refractivity contribution in [2.24, 2.45) is 5.10 Å². The summed E-state index contributed by atoms with van der Waals surface area (Å²) in [7, 11) is 1.46. The van der Waals surface area contributed by atoms with E-state index in [4.69, 9.17) is 9.47 Å². The van der Waals surface area contributed by atoms with E-state index in [1.807, 2.05) is 32.0 Å². The van der Waals surface area contributed by atoms with Crippen LogP contribution in [0.15, 0.2) is 54.2 Å². The Balaban J connectivity index is 1.94. The van der Waals surface area contributed by atoms with Crippen LogP contribution in [-0.2, 0) is 14.4 Å². The summed E-state index contributed by atoms with van der Waals surface area (Å²) in [6.07, 6.45) is 2.80. The smallest absolute Gasteiger partial charge is 0.329 e. The second-order valence-corrected chi connectivity index (χ2v) is 6.76. The van der Waals surface area contributed by atoms with Gasteiger partial charge < -0.3 is 20.1 Å². The van der Waals surface area contributed by atoms with Gasteiger partial charge >= 0.3 is 11.8 Å². The first-order valence-electron chi connectivity index (χ1n) is 9.74. The zero-order valence-electron chi connectivity index (χ0n) is 18.2. The topological polar surface area (TPSA) is 118 Å². The van der Waals surface area contributed by atoms with Gasteiger partial charge in [-0.05, 0) is 54.8 Å². The van der Waals surface area contributed by atoms with Crippen molar-refractivity contribution in [1.29, 1.82) is 0 Å². The Labute approximate surface area is 186 Å². The van der Waals surface area contributed by atoms with Gasteiger partial charge in [0.25, 0.3) is 5.91 Å². The fourth-order valence-corrected chi connectivity index (χ4v) is 2.55. The second kappa shape index (κ2) is 11.9. The molecule has 0 unspecified atom stereocenters. The Morgan fingerprint density at radius 3 is 2.56 bits per heavy atom. The van der Waals surface area contributed by atoms with Crippen molar-refractivity contribution < 1.29 is 23.9 Å². The first kappa shape index (κ1) is 24.1. The minimum absolute atomic E-state index is 0.178. The quantitative estimate of drug-likeness (QED) is 0.240. The van der Waals surface area contributed by atoms with Crippen LogP contribution in [-0.4, -0.2) is 44.2 Å². The molecule has 0 saturated heterocycles. The second-order valence-electron chi connectivity index (χ2n) is 6.76. The number of nitrogens with one attached hydrogen (secondary N) is 3. The highest BCUT2D eigenvalue weighted by Gasteiger charge is 2.12. The van der Waals surface area contributed by atoms with Gasteiger partial charge in [0.05, 0.1) is 13.3 Å². The summed E-state index contributed by atoms with van der Waals surface area (Å²) in [6, 6.07) is 10.7. The predicted octanol–water partition coefficient (Wildman–Crippen LogP) is 2.08. The van der Waals surface area contributed by atoms with Gasteiger partial charge in [0, 0.05) is 12.2 Å². The molecule has 0 saturated carbocycles. The average molecular weight is 438 g/mol. The number of carbonyl (C=O) groups excluding carboxylic acids is 3. The van der Waals surface area contributed by atoms with Crippen LogP contribution in [0, 0.1) is 13.8 Å². The van der Waals surface area contributed by atoms with Crippen LogP contribution in [0.4, 0.5) is 5.69 Å². The number of carbonyl (C=O) groups is 3. The van der Waals surface area contributed by atoms with Crippen molar-refractivity contribution in [3.05, 3.63) is 65.7 Å². The van der Waals surface area contributed by atoms with Crippen LogP contribution in [0.25, 0.3) is 0 Å². The third kappa shape index (κ3) is 7.28. The molecule has 0 spiro atoms. The molecular formula is C23H26N4O5. The molecule has 0 aliphatic rings. The van der Waals surface area contributed by atoms with Gasteiger partial charge in [-0.25, -0.2) is 5.43 Å². The summed E-state index contributed by atoms with van der Waals surface area (Å²) >= 11 is 0. The zero-order chi connectivity index (χ0) is 23.5. The zero-order valence-corrected chi connectivity index (χ0v) is 18.2. The number of ether oxygens (including phenoxy) is 2. The van der Waals surface area contributed by atoms with Gasteiger partial charge in [0.15, 0.2) is 18.1 Å². The van der Waals surface area contributed by atoms with Crippen LogP contribution in [0.2, 0.25) is 0 Å². The molecule has 168 valence electrons. The van der Waals surface area contributed by atoms with Gasteiger partial charge in [-0.1, -0.05) is 18.2 Å². The minimum Gasteiger partial charge on any atom is -0.493 e. The monoisotopic (exact) mass is 438 g/mol. The van der Waals surface area contributed by atoms with Crippen LogP contribution in [0.3, 0.4) is 0 Å². The SMILES string of the molecule is C=CCNC(=O)C(=O)N/N=C\c1ccc(OCC(=O)Nc2cc(C)ccc2C)c(OC)c1. The number of nitrogens with zero attached hydrogens (tertiary/aromatic N) is 1. The molecule has 0 aliphatic carbocycles. The third-order valence-electron chi connectivity index (χ3n) is 4.21. The lowest BCUT2D eigenvalue weighted by Crippen LogP contribution is -2.37. The maximum absolute atomic E-state index is 12.3. The average Bonchev–Trinajstić information content (AvgIpc) is 2.78. The molecule has 3 amide bonds.